The molecule has 1 fully saturated rings. The number of hydrogen-bond donors (Lipinski definition) is 2. The van der Waals surface area contributed by atoms with Crippen LogP contribution in [-0.2, 0) is 6.42 Å². The Balaban J connectivity index is 1.72. The van der Waals surface area contributed by atoms with Crippen LogP contribution in [0.4, 0.5) is 13.2 Å². The molecule has 0 bridgehead atoms. The lowest BCUT2D eigenvalue weighted by Crippen LogP contribution is -2.49. The number of halogens is 3. The van der Waals surface area contributed by atoms with Gasteiger partial charge in [-0.3, -0.25) is 0 Å². The highest BCUT2D eigenvalue weighted by molar-refractivity contribution is 5.15. The Morgan fingerprint density at radius 2 is 1.84 bits per heavy atom. The van der Waals surface area contributed by atoms with Crippen molar-refractivity contribution in [2.75, 3.05) is 6.54 Å². The minimum atomic E-state index is -4.16. The number of rotatable bonds is 6. The molecule has 1 aliphatic carbocycles. The number of nitrogens with one attached hydrogen (secondary N) is 1. The second kappa shape index (κ2) is 5.51. The van der Waals surface area contributed by atoms with Gasteiger partial charge in [0, 0.05) is 12.6 Å². The molecule has 1 unspecified atom stereocenters. The largest absolute Gasteiger partial charge is 0.406 e. The van der Waals surface area contributed by atoms with E-state index in [0.717, 1.165) is 12.0 Å². The first-order valence-electron chi connectivity index (χ1n) is 6.54. The lowest BCUT2D eigenvalue weighted by atomic mass is 10.1. The molecule has 0 spiro atoms. The van der Waals surface area contributed by atoms with E-state index in [1.165, 1.54) is 0 Å². The van der Waals surface area contributed by atoms with Crippen molar-refractivity contribution in [1.82, 2.24) is 5.32 Å². The molecule has 106 valence electrons. The fraction of sp³-hybridized carbons (Fsp3) is 0.571. The Kier molecular flexibility index (Phi) is 4.16. The van der Waals surface area contributed by atoms with Crippen molar-refractivity contribution in [2.24, 2.45) is 5.73 Å². The standard InChI is InChI=1S/C14H19F3N2/c15-14(16,17)13(8-9-13)19-10-12(18)7-6-11-4-2-1-3-5-11/h1-5,12,19H,6-10,18H2. The van der Waals surface area contributed by atoms with Gasteiger partial charge in [-0.2, -0.15) is 13.2 Å². The van der Waals surface area contributed by atoms with Crippen LogP contribution in [0.15, 0.2) is 30.3 Å². The maximum absolute atomic E-state index is 12.7. The summed E-state index contributed by atoms with van der Waals surface area (Å²) in [5.41, 5.74) is 5.38. The van der Waals surface area contributed by atoms with Crippen LogP contribution < -0.4 is 11.1 Å². The highest BCUT2D eigenvalue weighted by Gasteiger charge is 2.62. The smallest absolute Gasteiger partial charge is 0.327 e. The molecule has 1 atom stereocenters. The molecule has 0 aromatic heterocycles. The molecule has 0 aliphatic heterocycles. The van der Waals surface area contributed by atoms with Crippen LogP contribution in [0, 0.1) is 0 Å². The predicted molar refractivity (Wildman–Crippen MR) is 68.8 cm³/mol. The van der Waals surface area contributed by atoms with Gasteiger partial charge >= 0.3 is 6.18 Å². The van der Waals surface area contributed by atoms with Gasteiger partial charge in [0.25, 0.3) is 0 Å². The molecule has 19 heavy (non-hydrogen) atoms. The fourth-order valence-corrected chi connectivity index (χ4v) is 2.11. The minimum absolute atomic E-state index is 0.169. The average Bonchev–Trinajstić information content (AvgIpc) is 3.16. The Morgan fingerprint density at radius 1 is 1.21 bits per heavy atom. The van der Waals surface area contributed by atoms with Crippen LogP contribution in [0.1, 0.15) is 24.8 Å². The summed E-state index contributed by atoms with van der Waals surface area (Å²) in [4.78, 5) is 0. The quantitative estimate of drug-likeness (QED) is 0.835. The van der Waals surface area contributed by atoms with Gasteiger partial charge in [-0.15, -0.1) is 0 Å². The van der Waals surface area contributed by atoms with E-state index >= 15 is 0 Å². The first kappa shape index (κ1) is 14.3. The van der Waals surface area contributed by atoms with Gasteiger partial charge in [-0.25, -0.2) is 0 Å². The van der Waals surface area contributed by atoms with Gasteiger partial charge in [0.05, 0.1) is 0 Å². The van der Waals surface area contributed by atoms with E-state index in [2.05, 4.69) is 5.32 Å². The molecule has 2 rings (SSSR count). The molecule has 1 aromatic carbocycles. The summed E-state index contributed by atoms with van der Waals surface area (Å²) >= 11 is 0. The first-order chi connectivity index (χ1) is 8.93. The molecule has 0 saturated heterocycles. The van der Waals surface area contributed by atoms with E-state index in [0.29, 0.717) is 6.42 Å². The van der Waals surface area contributed by atoms with Crippen molar-refractivity contribution in [3.05, 3.63) is 35.9 Å². The zero-order valence-electron chi connectivity index (χ0n) is 10.7. The van der Waals surface area contributed by atoms with E-state index in [4.69, 9.17) is 5.73 Å². The summed E-state index contributed by atoms with van der Waals surface area (Å²) in [5, 5.41) is 2.60. The van der Waals surface area contributed by atoms with Gasteiger partial charge in [0.1, 0.15) is 5.54 Å². The van der Waals surface area contributed by atoms with Gasteiger partial charge in [0.15, 0.2) is 0 Å². The third-order valence-electron chi connectivity index (χ3n) is 3.64. The highest BCUT2D eigenvalue weighted by atomic mass is 19.4. The van der Waals surface area contributed by atoms with Gasteiger partial charge in [0.2, 0.25) is 0 Å². The van der Waals surface area contributed by atoms with Crippen molar-refractivity contribution in [1.29, 1.82) is 0 Å². The highest BCUT2D eigenvalue weighted by Crippen LogP contribution is 2.48. The maximum Gasteiger partial charge on any atom is 0.406 e. The third-order valence-corrected chi connectivity index (χ3v) is 3.64. The Morgan fingerprint density at radius 3 is 2.37 bits per heavy atom. The third kappa shape index (κ3) is 3.70. The monoisotopic (exact) mass is 272 g/mol. The van der Waals surface area contributed by atoms with Crippen LogP contribution in [0.25, 0.3) is 0 Å². The van der Waals surface area contributed by atoms with Gasteiger partial charge in [-0.1, -0.05) is 30.3 Å². The fourth-order valence-electron chi connectivity index (χ4n) is 2.11. The molecule has 1 aliphatic rings. The molecule has 2 nitrogen and oxygen atoms in total. The predicted octanol–water partition coefficient (Wildman–Crippen LogP) is 2.63. The van der Waals surface area contributed by atoms with E-state index in [1.807, 2.05) is 30.3 Å². The van der Waals surface area contributed by atoms with Crippen molar-refractivity contribution >= 4 is 0 Å². The number of aryl methyl sites for hydroxylation is 1. The average molecular weight is 272 g/mol. The first-order valence-corrected chi connectivity index (χ1v) is 6.54. The van der Waals surface area contributed by atoms with Crippen molar-refractivity contribution in [2.45, 2.75) is 43.4 Å². The molecule has 3 N–H and O–H groups in total. The zero-order chi connectivity index (χ0) is 13.9. The molecular formula is C14H19F3N2. The van der Waals surface area contributed by atoms with Crippen molar-refractivity contribution in [3.63, 3.8) is 0 Å². The van der Waals surface area contributed by atoms with Crippen LogP contribution in [-0.4, -0.2) is 24.3 Å². The topological polar surface area (TPSA) is 38.0 Å². The maximum atomic E-state index is 12.7. The number of benzene rings is 1. The summed E-state index contributed by atoms with van der Waals surface area (Å²) in [6.45, 7) is 0.215. The van der Waals surface area contributed by atoms with Gasteiger partial charge in [-0.05, 0) is 31.2 Å². The molecule has 1 saturated carbocycles. The molecule has 0 heterocycles. The summed E-state index contributed by atoms with van der Waals surface area (Å²) in [6.07, 6.45) is -2.34. The number of alkyl halides is 3. The SMILES string of the molecule is NC(CCc1ccccc1)CNC1(C(F)(F)F)CC1. The Bertz CT molecular complexity index is 399. The molecule has 0 amide bonds. The Labute approximate surface area is 111 Å². The summed E-state index contributed by atoms with van der Waals surface area (Å²) in [6, 6.07) is 9.57. The lowest BCUT2D eigenvalue weighted by Gasteiger charge is -2.23. The van der Waals surface area contributed by atoms with Crippen LogP contribution in [0.5, 0.6) is 0 Å². The van der Waals surface area contributed by atoms with E-state index in [9.17, 15) is 13.2 Å². The molecule has 0 radical (unpaired) electrons. The normalized spacial score (nSPS) is 19.2. The van der Waals surface area contributed by atoms with Crippen LogP contribution in [0.3, 0.4) is 0 Å². The molecular weight excluding hydrogens is 253 g/mol. The summed E-state index contributed by atoms with van der Waals surface area (Å²) in [5.74, 6) is 0. The zero-order valence-corrected chi connectivity index (χ0v) is 10.7. The van der Waals surface area contributed by atoms with Gasteiger partial charge < -0.3 is 11.1 Å². The van der Waals surface area contributed by atoms with E-state index in [1.54, 1.807) is 0 Å². The summed E-state index contributed by atoms with van der Waals surface area (Å²) < 4.78 is 38.1. The lowest BCUT2D eigenvalue weighted by molar-refractivity contribution is -0.165. The second-order valence-corrected chi connectivity index (χ2v) is 5.25. The molecule has 5 heteroatoms. The van der Waals surface area contributed by atoms with Crippen molar-refractivity contribution in [3.8, 4) is 0 Å². The second-order valence-electron chi connectivity index (χ2n) is 5.25. The van der Waals surface area contributed by atoms with Crippen LogP contribution >= 0.6 is 0 Å². The van der Waals surface area contributed by atoms with E-state index in [-0.39, 0.29) is 25.4 Å². The van der Waals surface area contributed by atoms with Crippen molar-refractivity contribution < 1.29 is 13.2 Å². The summed E-state index contributed by atoms with van der Waals surface area (Å²) in [7, 11) is 0. The molecule has 1 aromatic rings. The van der Waals surface area contributed by atoms with E-state index < -0.39 is 11.7 Å². The minimum Gasteiger partial charge on any atom is -0.327 e. The Hall–Kier alpha value is -1.07. The number of nitrogens with two attached hydrogens (primary N) is 1. The number of hydrogen-bond acceptors (Lipinski definition) is 2. The van der Waals surface area contributed by atoms with Crippen LogP contribution in [0.2, 0.25) is 0 Å².